The van der Waals surface area contributed by atoms with Gasteiger partial charge in [-0.3, -0.25) is 4.79 Å². The van der Waals surface area contributed by atoms with Crippen LogP contribution >= 0.6 is 0 Å². The summed E-state index contributed by atoms with van der Waals surface area (Å²) in [5, 5.41) is 7.21. The van der Waals surface area contributed by atoms with Crippen molar-refractivity contribution < 1.29 is 14.3 Å². The fourth-order valence-electron chi connectivity index (χ4n) is 4.64. The first-order valence-electron chi connectivity index (χ1n) is 12.5. The highest BCUT2D eigenvalue weighted by molar-refractivity contribution is 5.95. The summed E-state index contributed by atoms with van der Waals surface area (Å²) in [5.74, 6) is 0.810. The van der Waals surface area contributed by atoms with E-state index in [1.165, 1.54) is 0 Å². The molecular formula is C29H36N4O3. The summed E-state index contributed by atoms with van der Waals surface area (Å²) in [5.41, 5.74) is 6.15. The van der Waals surface area contributed by atoms with Gasteiger partial charge in [0.2, 0.25) is 5.91 Å². The number of nitrogens with zero attached hydrogens (tertiary/aromatic N) is 2. The van der Waals surface area contributed by atoms with E-state index < -0.39 is 0 Å². The van der Waals surface area contributed by atoms with Crippen LogP contribution in [0.15, 0.2) is 55.1 Å². The molecule has 4 rings (SSSR count). The van der Waals surface area contributed by atoms with Gasteiger partial charge in [0, 0.05) is 49.4 Å². The molecule has 0 radical (unpaired) electrons. The number of pyridine rings is 1. The average Bonchev–Trinajstić information content (AvgIpc) is 3.41. The lowest BCUT2D eigenvalue weighted by Crippen LogP contribution is -2.34. The first kappa shape index (κ1) is 25.7. The van der Waals surface area contributed by atoms with Gasteiger partial charge in [0.1, 0.15) is 5.75 Å². The lowest BCUT2D eigenvalue weighted by molar-refractivity contribution is -0.124. The molecule has 190 valence electrons. The number of hydrogen-bond donors (Lipinski definition) is 2. The van der Waals surface area contributed by atoms with Crippen molar-refractivity contribution in [1.29, 1.82) is 0 Å². The Bertz CT molecular complexity index is 1210. The van der Waals surface area contributed by atoms with Gasteiger partial charge in [-0.1, -0.05) is 30.8 Å². The number of benzene rings is 2. The van der Waals surface area contributed by atoms with E-state index in [4.69, 9.17) is 14.5 Å². The fraction of sp³-hybridized carbons (Fsp3) is 0.379. The minimum absolute atomic E-state index is 0.0466. The minimum atomic E-state index is -0.0466. The molecule has 0 spiro atoms. The van der Waals surface area contributed by atoms with Crippen LogP contribution in [0.1, 0.15) is 18.4 Å². The Kier molecular flexibility index (Phi) is 8.57. The van der Waals surface area contributed by atoms with Gasteiger partial charge in [0.25, 0.3) is 0 Å². The van der Waals surface area contributed by atoms with Crippen molar-refractivity contribution in [2.45, 2.75) is 12.8 Å². The molecule has 1 aromatic heterocycles. The van der Waals surface area contributed by atoms with Crippen molar-refractivity contribution in [2.75, 3.05) is 59.0 Å². The Labute approximate surface area is 213 Å². The molecule has 0 bridgehead atoms. The van der Waals surface area contributed by atoms with Gasteiger partial charge in [0.15, 0.2) is 0 Å². The molecule has 1 atom stereocenters. The second-order valence-electron chi connectivity index (χ2n) is 9.16. The number of nitrogens with one attached hydrogen (secondary N) is 2. The number of aromatic nitrogens is 1. The van der Waals surface area contributed by atoms with Crippen LogP contribution < -0.4 is 20.3 Å². The van der Waals surface area contributed by atoms with E-state index in [1.54, 1.807) is 14.2 Å². The van der Waals surface area contributed by atoms with Gasteiger partial charge >= 0.3 is 0 Å². The molecular weight excluding hydrogens is 452 g/mol. The van der Waals surface area contributed by atoms with Crippen molar-refractivity contribution >= 4 is 28.1 Å². The number of anilines is 1. The number of rotatable bonds is 11. The van der Waals surface area contributed by atoms with Crippen molar-refractivity contribution in [3.8, 4) is 17.0 Å². The van der Waals surface area contributed by atoms with E-state index in [1.807, 2.05) is 19.2 Å². The molecule has 2 heterocycles. The SMILES string of the molecule is C=C(CCNC)c1ccc(-c2cc(N3CC[C@H](C(=O)NCCOC)C3)c3ccc(OC)cc3n2)cc1. The predicted octanol–water partition coefficient (Wildman–Crippen LogP) is 4.12. The van der Waals surface area contributed by atoms with E-state index in [0.29, 0.717) is 19.7 Å². The minimum Gasteiger partial charge on any atom is -0.497 e. The van der Waals surface area contributed by atoms with E-state index in [-0.39, 0.29) is 11.8 Å². The molecule has 36 heavy (non-hydrogen) atoms. The Hall–Kier alpha value is -3.42. The van der Waals surface area contributed by atoms with Crippen LogP contribution in [-0.2, 0) is 9.53 Å². The van der Waals surface area contributed by atoms with E-state index in [9.17, 15) is 4.79 Å². The van der Waals surface area contributed by atoms with Crippen LogP contribution in [0.25, 0.3) is 27.7 Å². The quantitative estimate of drug-likeness (QED) is 0.396. The van der Waals surface area contributed by atoms with Crippen LogP contribution in [0, 0.1) is 5.92 Å². The summed E-state index contributed by atoms with van der Waals surface area (Å²) in [6.45, 7) is 7.66. The number of amides is 1. The maximum absolute atomic E-state index is 12.7. The average molecular weight is 489 g/mol. The monoisotopic (exact) mass is 488 g/mol. The van der Waals surface area contributed by atoms with Crippen LogP contribution in [-0.4, -0.2) is 64.9 Å². The zero-order valence-corrected chi connectivity index (χ0v) is 21.5. The normalized spacial score (nSPS) is 15.3. The molecule has 0 aliphatic carbocycles. The molecule has 1 amide bonds. The van der Waals surface area contributed by atoms with Crippen LogP contribution in [0.4, 0.5) is 5.69 Å². The number of hydrogen-bond acceptors (Lipinski definition) is 6. The first-order chi connectivity index (χ1) is 17.5. The topological polar surface area (TPSA) is 75.7 Å². The summed E-state index contributed by atoms with van der Waals surface area (Å²) < 4.78 is 10.5. The van der Waals surface area contributed by atoms with Gasteiger partial charge in [-0.2, -0.15) is 0 Å². The molecule has 7 nitrogen and oxygen atoms in total. The number of carbonyl (C=O) groups excluding carboxylic acids is 1. The van der Waals surface area contributed by atoms with Gasteiger partial charge in [-0.25, -0.2) is 4.98 Å². The second-order valence-corrected chi connectivity index (χ2v) is 9.16. The Morgan fingerprint density at radius 1 is 1.14 bits per heavy atom. The molecule has 1 fully saturated rings. The zero-order chi connectivity index (χ0) is 25.5. The molecule has 0 saturated carbocycles. The highest BCUT2D eigenvalue weighted by Crippen LogP contribution is 2.35. The van der Waals surface area contributed by atoms with E-state index in [0.717, 1.165) is 70.7 Å². The van der Waals surface area contributed by atoms with Gasteiger partial charge in [-0.05, 0) is 55.8 Å². The Morgan fingerprint density at radius 3 is 2.67 bits per heavy atom. The maximum atomic E-state index is 12.7. The molecule has 2 aromatic carbocycles. The standard InChI is InChI=1S/C29H36N4O3/c1-20(11-13-30-2)21-5-7-22(8-6-21)26-18-28(25-10-9-24(36-4)17-27(25)32-26)33-15-12-23(19-33)29(34)31-14-16-35-3/h5-10,17-18,23,30H,1,11-16,19H2,2-4H3,(H,31,34)/t23-/m0/s1. The Balaban J connectivity index is 1.63. The summed E-state index contributed by atoms with van der Waals surface area (Å²) in [6.07, 6.45) is 1.72. The molecule has 2 N–H and O–H groups in total. The lowest BCUT2D eigenvalue weighted by Gasteiger charge is -2.22. The number of fused-ring (bicyclic) bond motifs is 1. The summed E-state index contributed by atoms with van der Waals surface area (Å²) in [7, 11) is 5.25. The summed E-state index contributed by atoms with van der Waals surface area (Å²) in [6, 6.07) is 16.6. The highest BCUT2D eigenvalue weighted by Gasteiger charge is 2.29. The zero-order valence-electron chi connectivity index (χ0n) is 21.5. The number of methoxy groups -OCH3 is 2. The largest absolute Gasteiger partial charge is 0.497 e. The number of ether oxygens (including phenoxy) is 2. The van der Waals surface area contributed by atoms with Crippen molar-refractivity contribution in [2.24, 2.45) is 5.92 Å². The highest BCUT2D eigenvalue weighted by atomic mass is 16.5. The fourth-order valence-corrected chi connectivity index (χ4v) is 4.64. The first-order valence-corrected chi connectivity index (χ1v) is 12.5. The lowest BCUT2D eigenvalue weighted by atomic mass is 10.0. The smallest absolute Gasteiger partial charge is 0.225 e. The summed E-state index contributed by atoms with van der Waals surface area (Å²) in [4.78, 5) is 19.9. The van der Waals surface area contributed by atoms with Gasteiger partial charge in [-0.15, -0.1) is 0 Å². The van der Waals surface area contributed by atoms with Gasteiger partial charge < -0.3 is 25.0 Å². The molecule has 1 aliphatic heterocycles. The van der Waals surface area contributed by atoms with Crippen LogP contribution in [0.2, 0.25) is 0 Å². The third-order valence-electron chi connectivity index (χ3n) is 6.77. The Morgan fingerprint density at radius 2 is 1.94 bits per heavy atom. The predicted molar refractivity (Wildman–Crippen MR) is 147 cm³/mol. The molecule has 1 saturated heterocycles. The third kappa shape index (κ3) is 5.86. The third-order valence-corrected chi connectivity index (χ3v) is 6.77. The molecule has 7 heteroatoms. The number of carbonyl (C=O) groups is 1. The van der Waals surface area contributed by atoms with Crippen LogP contribution in [0.5, 0.6) is 5.75 Å². The van der Waals surface area contributed by atoms with Gasteiger partial charge in [0.05, 0.1) is 30.8 Å². The van der Waals surface area contributed by atoms with Crippen molar-refractivity contribution in [3.63, 3.8) is 0 Å². The molecule has 1 aliphatic rings. The molecule has 0 unspecified atom stereocenters. The van der Waals surface area contributed by atoms with E-state index >= 15 is 0 Å². The molecule has 3 aromatic rings. The summed E-state index contributed by atoms with van der Waals surface area (Å²) >= 11 is 0. The van der Waals surface area contributed by atoms with Crippen molar-refractivity contribution in [3.05, 3.63) is 60.7 Å². The second kappa shape index (κ2) is 12.0. The van der Waals surface area contributed by atoms with E-state index in [2.05, 4.69) is 58.5 Å². The van der Waals surface area contributed by atoms with Crippen molar-refractivity contribution in [1.82, 2.24) is 15.6 Å². The maximum Gasteiger partial charge on any atom is 0.225 e. The van der Waals surface area contributed by atoms with Crippen LogP contribution in [0.3, 0.4) is 0 Å².